The summed E-state index contributed by atoms with van der Waals surface area (Å²) in [6.45, 7) is 0.613. The Bertz CT molecular complexity index is 115. The molecule has 2 heteroatoms. The van der Waals surface area contributed by atoms with Crippen LogP contribution in [0.5, 0.6) is 0 Å². The van der Waals surface area contributed by atoms with Crippen LogP contribution in [0.3, 0.4) is 0 Å². The molecule has 7 heavy (non-hydrogen) atoms. The minimum atomic E-state index is 0.502. The molecule has 0 fully saturated rings. The normalized spacial score (nSPS) is 18.0. The lowest BCUT2D eigenvalue weighted by atomic mass is 10.4. The quantitative estimate of drug-likeness (QED) is 0.474. The summed E-state index contributed by atoms with van der Waals surface area (Å²) in [6, 6.07) is 0. The highest BCUT2D eigenvalue weighted by Gasteiger charge is 1.88. The molecule has 38 valence electrons. The highest BCUT2D eigenvalue weighted by atomic mass is 16.5. The van der Waals surface area contributed by atoms with Crippen molar-refractivity contribution < 1.29 is 4.74 Å². The Labute approximate surface area is 42.3 Å². The van der Waals surface area contributed by atoms with Gasteiger partial charge in [-0.2, -0.15) is 0 Å². The van der Waals surface area contributed by atoms with Crippen LogP contribution < -0.4 is 5.73 Å². The number of nitrogens with two attached hydrogens (primary N) is 1. The number of rotatable bonds is 0. The largest absolute Gasteiger partial charge is 0.475 e. The van der Waals surface area contributed by atoms with Gasteiger partial charge in [-0.25, -0.2) is 0 Å². The number of hydrogen-bond acceptors (Lipinski definition) is 2. The average Bonchev–Trinajstić information content (AvgIpc) is 1.69. The molecule has 2 nitrogen and oxygen atoms in total. The molecule has 0 bridgehead atoms. The zero-order chi connectivity index (χ0) is 5.11. The van der Waals surface area contributed by atoms with Crippen LogP contribution in [0.4, 0.5) is 0 Å². The van der Waals surface area contributed by atoms with E-state index in [2.05, 4.69) is 0 Å². The van der Waals surface area contributed by atoms with Gasteiger partial charge in [0.1, 0.15) is 6.61 Å². The Morgan fingerprint density at radius 2 is 2.57 bits per heavy atom. The highest BCUT2D eigenvalue weighted by Crippen LogP contribution is 1.94. The Balaban J connectivity index is 2.57. The molecule has 1 aliphatic rings. The molecule has 0 amide bonds. The molecule has 0 spiro atoms. The van der Waals surface area contributed by atoms with Crippen LogP contribution in [-0.4, -0.2) is 6.61 Å². The molecule has 1 rings (SSSR count). The standard InChI is InChI=1S/C5H7NO/c6-5-3-1-2-4-7-5/h1-3H,4,6H2. The summed E-state index contributed by atoms with van der Waals surface area (Å²) in [4.78, 5) is 0. The van der Waals surface area contributed by atoms with Crippen molar-refractivity contribution >= 4 is 0 Å². The van der Waals surface area contributed by atoms with Crippen LogP contribution in [0, 0.1) is 0 Å². The fourth-order valence-electron chi connectivity index (χ4n) is 0.411. The van der Waals surface area contributed by atoms with Gasteiger partial charge >= 0.3 is 0 Å². The van der Waals surface area contributed by atoms with E-state index in [-0.39, 0.29) is 0 Å². The van der Waals surface area contributed by atoms with E-state index in [1.54, 1.807) is 6.08 Å². The smallest absolute Gasteiger partial charge is 0.184 e. The van der Waals surface area contributed by atoms with Gasteiger partial charge in [0.15, 0.2) is 5.88 Å². The molecule has 1 heterocycles. The minimum absolute atomic E-state index is 0.502. The van der Waals surface area contributed by atoms with E-state index in [1.807, 2.05) is 12.2 Å². The SMILES string of the molecule is NC1=CC=CCO1. The summed E-state index contributed by atoms with van der Waals surface area (Å²) in [5.74, 6) is 0.502. The van der Waals surface area contributed by atoms with Crippen molar-refractivity contribution in [3.8, 4) is 0 Å². The first kappa shape index (κ1) is 4.24. The van der Waals surface area contributed by atoms with E-state index >= 15 is 0 Å². The molecule has 2 N–H and O–H groups in total. The third-order valence-electron chi connectivity index (χ3n) is 0.743. The van der Waals surface area contributed by atoms with Crippen molar-refractivity contribution in [2.24, 2.45) is 5.73 Å². The van der Waals surface area contributed by atoms with E-state index in [0.717, 1.165) is 0 Å². The van der Waals surface area contributed by atoms with Gasteiger partial charge in [-0.3, -0.25) is 0 Å². The van der Waals surface area contributed by atoms with Gasteiger partial charge in [-0.05, 0) is 12.2 Å². The maximum Gasteiger partial charge on any atom is 0.184 e. The molecule has 0 radical (unpaired) electrons. The molecular formula is C5H7NO. The Hall–Kier alpha value is -0.920. The monoisotopic (exact) mass is 97.1 g/mol. The molecule has 0 saturated carbocycles. The molecule has 1 aliphatic heterocycles. The van der Waals surface area contributed by atoms with E-state index in [9.17, 15) is 0 Å². The summed E-state index contributed by atoms with van der Waals surface area (Å²) in [5, 5.41) is 0. The van der Waals surface area contributed by atoms with Crippen molar-refractivity contribution in [2.75, 3.05) is 6.61 Å². The zero-order valence-corrected chi connectivity index (χ0v) is 3.92. The number of allylic oxidation sites excluding steroid dienone is 2. The molecule has 0 aromatic heterocycles. The van der Waals surface area contributed by atoms with E-state index in [0.29, 0.717) is 12.5 Å². The van der Waals surface area contributed by atoms with Crippen LogP contribution >= 0.6 is 0 Å². The van der Waals surface area contributed by atoms with Gasteiger partial charge in [-0.15, -0.1) is 0 Å². The van der Waals surface area contributed by atoms with Crippen LogP contribution in [0.2, 0.25) is 0 Å². The predicted molar refractivity (Wildman–Crippen MR) is 27.4 cm³/mol. The van der Waals surface area contributed by atoms with E-state index < -0.39 is 0 Å². The minimum Gasteiger partial charge on any atom is -0.475 e. The van der Waals surface area contributed by atoms with Gasteiger partial charge in [0, 0.05) is 0 Å². The second kappa shape index (κ2) is 1.69. The van der Waals surface area contributed by atoms with Gasteiger partial charge < -0.3 is 10.5 Å². The Kier molecular flexibility index (Phi) is 1.02. The van der Waals surface area contributed by atoms with Gasteiger partial charge in [-0.1, -0.05) is 6.08 Å². The molecule has 0 atom stereocenters. The maximum atomic E-state index is 5.22. The Morgan fingerprint density at radius 3 is 2.86 bits per heavy atom. The second-order valence-electron chi connectivity index (χ2n) is 1.31. The number of ether oxygens (including phenoxy) is 1. The summed E-state index contributed by atoms with van der Waals surface area (Å²) >= 11 is 0. The van der Waals surface area contributed by atoms with Gasteiger partial charge in [0.25, 0.3) is 0 Å². The summed E-state index contributed by atoms with van der Waals surface area (Å²) < 4.78 is 4.83. The van der Waals surface area contributed by atoms with Crippen molar-refractivity contribution in [3.63, 3.8) is 0 Å². The van der Waals surface area contributed by atoms with Crippen LogP contribution in [0.25, 0.3) is 0 Å². The molecular weight excluding hydrogens is 90.1 g/mol. The van der Waals surface area contributed by atoms with Crippen molar-refractivity contribution in [1.29, 1.82) is 0 Å². The van der Waals surface area contributed by atoms with Crippen LogP contribution in [-0.2, 0) is 4.74 Å². The third-order valence-corrected chi connectivity index (χ3v) is 0.743. The lowest BCUT2D eigenvalue weighted by Crippen LogP contribution is -2.04. The van der Waals surface area contributed by atoms with Crippen molar-refractivity contribution in [2.45, 2.75) is 0 Å². The molecule has 0 unspecified atom stereocenters. The van der Waals surface area contributed by atoms with E-state index in [4.69, 9.17) is 10.5 Å². The summed E-state index contributed by atoms with van der Waals surface area (Å²) in [6.07, 6.45) is 5.50. The zero-order valence-electron chi connectivity index (χ0n) is 3.92. The first-order valence-electron chi connectivity index (χ1n) is 2.15. The first-order valence-corrected chi connectivity index (χ1v) is 2.15. The van der Waals surface area contributed by atoms with Gasteiger partial charge in [0.05, 0.1) is 0 Å². The van der Waals surface area contributed by atoms with Crippen molar-refractivity contribution in [1.82, 2.24) is 0 Å². The number of hydrogen-bond donors (Lipinski definition) is 1. The van der Waals surface area contributed by atoms with Gasteiger partial charge in [0.2, 0.25) is 0 Å². The molecule has 0 aromatic carbocycles. The van der Waals surface area contributed by atoms with Crippen LogP contribution in [0.1, 0.15) is 0 Å². The fraction of sp³-hybridized carbons (Fsp3) is 0.200. The van der Waals surface area contributed by atoms with E-state index in [1.165, 1.54) is 0 Å². The highest BCUT2D eigenvalue weighted by molar-refractivity contribution is 5.08. The maximum absolute atomic E-state index is 5.22. The second-order valence-corrected chi connectivity index (χ2v) is 1.31. The third kappa shape index (κ3) is 0.961. The topological polar surface area (TPSA) is 35.2 Å². The first-order chi connectivity index (χ1) is 3.39. The van der Waals surface area contributed by atoms with Crippen LogP contribution in [0.15, 0.2) is 24.1 Å². The lowest BCUT2D eigenvalue weighted by Gasteiger charge is -2.03. The fourth-order valence-corrected chi connectivity index (χ4v) is 0.411. The lowest BCUT2D eigenvalue weighted by molar-refractivity contribution is 0.240. The summed E-state index contributed by atoms with van der Waals surface area (Å²) in [5.41, 5.74) is 5.22. The molecule has 0 aromatic rings. The predicted octanol–water partition coefficient (Wildman–Crippen LogP) is 0.373. The Morgan fingerprint density at radius 1 is 1.71 bits per heavy atom. The molecule has 0 saturated heterocycles. The average molecular weight is 97.1 g/mol. The summed E-state index contributed by atoms with van der Waals surface area (Å²) in [7, 11) is 0. The van der Waals surface area contributed by atoms with Crippen molar-refractivity contribution in [3.05, 3.63) is 24.1 Å². The molecule has 0 aliphatic carbocycles.